The minimum atomic E-state index is -0.271. The Balaban J connectivity index is 1.13. The Morgan fingerprint density at radius 1 is 1.03 bits per heavy atom. The van der Waals surface area contributed by atoms with Gasteiger partial charge < -0.3 is 20.1 Å². The van der Waals surface area contributed by atoms with E-state index in [1.807, 2.05) is 18.2 Å². The van der Waals surface area contributed by atoms with E-state index in [-0.39, 0.29) is 12.2 Å². The van der Waals surface area contributed by atoms with Gasteiger partial charge in [-0.25, -0.2) is 0 Å². The molecule has 0 aromatic heterocycles. The number of aliphatic hydroxyl groups is 1. The van der Waals surface area contributed by atoms with E-state index in [0.717, 1.165) is 43.2 Å². The van der Waals surface area contributed by atoms with Crippen molar-refractivity contribution < 1.29 is 9.84 Å². The molecule has 2 aromatic rings. The van der Waals surface area contributed by atoms with Gasteiger partial charge in [0.2, 0.25) is 0 Å². The van der Waals surface area contributed by atoms with Crippen LogP contribution in [0.3, 0.4) is 0 Å². The predicted molar refractivity (Wildman–Crippen MR) is 139 cm³/mol. The molecule has 1 saturated heterocycles. The van der Waals surface area contributed by atoms with E-state index >= 15 is 0 Å². The van der Waals surface area contributed by atoms with E-state index in [1.165, 1.54) is 31.6 Å². The van der Waals surface area contributed by atoms with Crippen LogP contribution >= 0.6 is 0 Å². The molecule has 2 N–H and O–H groups in total. The summed E-state index contributed by atoms with van der Waals surface area (Å²) in [6, 6.07) is 15.3. The fourth-order valence-electron chi connectivity index (χ4n) is 4.97. The quantitative estimate of drug-likeness (QED) is 0.551. The van der Waals surface area contributed by atoms with Crippen molar-refractivity contribution in [2.45, 2.75) is 50.4 Å². The van der Waals surface area contributed by atoms with Crippen LogP contribution in [0.25, 0.3) is 0 Å². The van der Waals surface area contributed by atoms with Crippen molar-refractivity contribution in [1.82, 2.24) is 4.90 Å². The topological polar surface area (TPSA) is 72.7 Å². The monoisotopic (exact) mass is 461 g/mol. The molecule has 2 unspecified atom stereocenters. The number of rotatable bonds is 9. The van der Waals surface area contributed by atoms with Gasteiger partial charge in [0.05, 0.1) is 6.10 Å². The molecule has 7 heteroatoms. The van der Waals surface area contributed by atoms with Crippen molar-refractivity contribution in [1.29, 1.82) is 0 Å². The lowest BCUT2D eigenvalue weighted by Crippen LogP contribution is -2.47. The SMILES string of the molecule is C=Nc1c(/C=N\CNc2ccc(N3CCN(C4CC4)CC3)cc2)cccc1OC1CCC(O)C1. The molecule has 1 heterocycles. The van der Waals surface area contributed by atoms with Gasteiger partial charge in [-0.2, -0.15) is 0 Å². The summed E-state index contributed by atoms with van der Waals surface area (Å²) in [6.45, 7) is 8.75. The molecule has 0 radical (unpaired) electrons. The third kappa shape index (κ3) is 5.59. The van der Waals surface area contributed by atoms with Crippen molar-refractivity contribution in [2.24, 2.45) is 9.98 Å². The first-order valence-corrected chi connectivity index (χ1v) is 12.5. The third-order valence-corrected chi connectivity index (χ3v) is 7.05. The Morgan fingerprint density at radius 3 is 2.50 bits per heavy atom. The molecule has 7 nitrogen and oxygen atoms in total. The lowest BCUT2D eigenvalue weighted by molar-refractivity contribution is 0.150. The Labute approximate surface area is 202 Å². The second-order valence-electron chi connectivity index (χ2n) is 9.51. The number of para-hydroxylation sites is 1. The third-order valence-electron chi connectivity index (χ3n) is 7.05. The van der Waals surface area contributed by atoms with E-state index in [2.05, 4.69) is 56.1 Å². The molecule has 1 aliphatic heterocycles. The maximum Gasteiger partial charge on any atom is 0.145 e. The van der Waals surface area contributed by atoms with Gasteiger partial charge in [0.1, 0.15) is 24.2 Å². The lowest BCUT2D eigenvalue weighted by Gasteiger charge is -2.36. The normalized spacial score (nSPS) is 23.4. The highest BCUT2D eigenvalue weighted by atomic mass is 16.5. The summed E-state index contributed by atoms with van der Waals surface area (Å²) in [5.41, 5.74) is 3.90. The molecular weight excluding hydrogens is 426 g/mol. The molecular formula is C27H35N5O2. The van der Waals surface area contributed by atoms with Crippen LogP contribution < -0.4 is 15.0 Å². The molecule has 3 fully saturated rings. The molecule has 2 saturated carbocycles. The van der Waals surface area contributed by atoms with Crippen molar-refractivity contribution in [3.05, 3.63) is 48.0 Å². The molecule has 180 valence electrons. The number of hydrogen-bond acceptors (Lipinski definition) is 7. The molecule has 0 amide bonds. The van der Waals surface area contributed by atoms with Gasteiger partial charge in [-0.05, 0) is 62.7 Å². The minimum absolute atomic E-state index is 0.0226. The number of anilines is 2. The van der Waals surface area contributed by atoms with Gasteiger partial charge in [0.15, 0.2) is 0 Å². The summed E-state index contributed by atoms with van der Waals surface area (Å²) in [7, 11) is 0. The van der Waals surface area contributed by atoms with E-state index < -0.39 is 0 Å². The fraction of sp³-hybridized carbons (Fsp3) is 0.481. The van der Waals surface area contributed by atoms with Gasteiger partial charge in [-0.15, -0.1) is 0 Å². The first-order valence-electron chi connectivity index (χ1n) is 12.5. The number of aliphatic hydroxyl groups excluding tert-OH is 1. The Morgan fingerprint density at radius 2 is 1.82 bits per heavy atom. The van der Waals surface area contributed by atoms with Crippen molar-refractivity contribution in [3.63, 3.8) is 0 Å². The maximum absolute atomic E-state index is 9.76. The Kier molecular flexibility index (Phi) is 7.11. The summed E-state index contributed by atoms with van der Waals surface area (Å²) in [5.74, 6) is 0.694. The summed E-state index contributed by atoms with van der Waals surface area (Å²) in [6.07, 6.45) is 6.64. The lowest BCUT2D eigenvalue weighted by atomic mass is 10.1. The molecule has 2 aliphatic carbocycles. The van der Waals surface area contributed by atoms with Crippen LogP contribution in [0.5, 0.6) is 5.75 Å². The predicted octanol–water partition coefficient (Wildman–Crippen LogP) is 4.08. The average molecular weight is 462 g/mol. The molecule has 0 bridgehead atoms. The fourth-order valence-corrected chi connectivity index (χ4v) is 4.97. The zero-order valence-corrected chi connectivity index (χ0v) is 19.8. The summed E-state index contributed by atoms with van der Waals surface area (Å²) >= 11 is 0. The van der Waals surface area contributed by atoms with Crippen molar-refractivity contribution >= 4 is 30.0 Å². The van der Waals surface area contributed by atoms with Crippen LogP contribution in [-0.2, 0) is 0 Å². The summed E-state index contributed by atoms with van der Waals surface area (Å²) in [4.78, 5) is 13.8. The summed E-state index contributed by atoms with van der Waals surface area (Å²) < 4.78 is 6.09. The number of piperazine rings is 1. The molecule has 2 aromatic carbocycles. The van der Waals surface area contributed by atoms with Crippen LogP contribution in [0.2, 0.25) is 0 Å². The van der Waals surface area contributed by atoms with Crippen molar-refractivity contribution in [3.8, 4) is 5.75 Å². The van der Waals surface area contributed by atoms with E-state index in [0.29, 0.717) is 24.5 Å². The minimum Gasteiger partial charge on any atom is -0.488 e. The van der Waals surface area contributed by atoms with Crippen LogP contribution in [0.1, 0.15) is 37.7 Å². The first-order chi connectivity index (χ1) is 16.7. The van der Waals surface area contributed by atoms with Crippen LogP contribution in [0.4, 0.5) is 17.1 Å². The van der Waals surface area contributed by atoms with E-state index in [9.17, 15) is 5.11 Å². The first kappa shape index (κ1) is 22.9. The second-order valence-corrected chi connectivity index (χ2v) is 9.51. The van der Waals surface area contributed by atoms with Crippen LogP contribution in [-0.4, -0.2) is 74.0 Å². The largest absolute Gasteiger partial charge is 0.488 e. The maximum atomic E-state index is 9.76. The van der Waals surface area contributed by atoms with Gasteiger partial charge in [-0.1, -0.05) is 12.1 Å². The number of hydrogen-bond donors (Lipinski definition) is 2. The number of nitrogens with one attached hydrogen (secondary N) is 1. The average Bonchev–Trinajstić information content (AvgIpc) is 3.64. The zero-order chi connectivity index (χ0) is 23.3. The number of benzene rings is 2. The number of aliphatic imine (C=N–C) groups is 2. The smallest absolute Gasteiger partial charge is 0.145 e. The van der Waals surface area contributed by atoms with Gasteiger partial charge in [-0.3, -0.25) is 14.9 Å². The van der Waals surface area contributed by atoms with E-state index in [4.69, 9.17) is 4.74 Å². The molecule has 0 spiro atoms. The standard InChI is InChI=1S/C27H35N5O2/c1-28-27-20(3-2-4-26(27)34-25-12-11-24(33)17-25)18-29-19-30-21-5-7-22(8-6-21)31-13-15-32(16-14-31)23-9-10-23/h2-8,18,23-25,30,33H,1,9-17,19H2/b29-18-. The van der Waals surface area contributed by atoms with E-state index in [1.54, 1.807) is 6.21 Å². The zero-order valence-electron chi connectivity index (χ0n) is 19.8. The second kappa shape index (κ2) is 10.6. The van der Waals surface area contributed by atoms with Crippen LogP contribution in [0, 0.1) is 0 Å². The Bertz CT molecular complexity index is 997. The highest BCUT2D eigenvalue weighted by Gasteiger charge is 2.31. The highest BCUT2D eigenvalue weighted by molar-refractivity contribution is 5.89. The molecule has 3 aliphatic rings. The number of nitrogens with zero attached hydrogens (tertiary/aromatic N) is 4. The van der Waals surface area contributed by atoms with Gasteiger partial charge in [0.25, 0.3) is 0 Å². The molecule has 34 heavy (non-hydrogen) atoms. The highest BCUT2D eigenvalue weighted by Crippen LogP contribution is 2.34. The Hall–Kier alpha value is -2.90. The van der Waals surface area contributed by atoms with Gasteiger partial charge in [0, 0.05) is 61.8 Å². The summed E-state index contributed by atoms with van der Waals surface area (Å²) in [5, 5.41) is 13.1. The molecule has 5 rings (SSSR count). The van der Waals surface area contributed by atoms with Gasteiger partial charge >= 0.3 is 0 Å². The number of ether oxygens (including phenoxy) is 1. The van der Waals surface area contributed by atoms with Crippen molar-refractivity contribution in [2.75, 3.05) is 43.1 Å². The van der Waals surface area contributed by atoms with Crippen LogP contribution in [0.15, 0.2) is 52.4 Å². The molecule has 2 atom stereocenters.